The van der Waals surface area contributed by atoms with E-state index in [1.54, 1.807) is 6.92 Å². The monoisotopic (exact) mass is 324 g/mol. The van der Waals surface area contributed by atoms with E-state index in [1.807, 2.05) is 0 Å². The van der Waals surface area contributed by atoms with Crippen molar-refractivity contribution in [2.45, 2.75) is 50.2 Å². The Labute approximate surface area is 134 Å². The van der Waals surface area contributed by atoms with Crippen LogP contribution in [0.1, 0.15) is 13.3 Å². The van der Waals surface area contributed by atoms with Crippen LogP contribution in [0.25, 0.3) is 0 Å². The van der Waals surface area contributed by atoms with Gasteiger partial charge in [0.25, 0.3) is 0 Å². The molecule has 1 saturated heterocycles. The Bertz CT molecular complexity index is 540. The maximum absolute atomic E-state index is 9.75. The zero-order valence-electron chi connectivity index (χ0n) is 12.6. The third-order valence-corrected chi connectivity index (χ3v) is 3.07. The lowest BCUT2D eigenvalue weighted by molar-refractivity contribution is -0.301. The highest BCUT2D eigenvalue weighted by atomic mass is 16.7. The van der Waals surface area contributed by atoms with E-state index in [2.05, 4.69) is 35.5 Å². The van der Waals surface area contributed by atoms with E-state index in [0.29, 0.717) is 0 Å². The van der Waals surface area contributed by atoms with Crippen molar-refractivity contribution in [1.82, 2.24) is 0 Å². The summed E-state index contributed by atoms with van der Waals surface area (Å²) >= 11 is 0. The van der Waals surface area contributed by atoms with Gasteiger partial charge in [-0.3, -0.25) is 0 Å². The first-order chi connectivity index (χ1) is 11.0. The molecule has 0 aromatic carbocycles. The molecule has 0 radical (unpaired) electrons. The van der Waals surface area contributed by atoms with Crippen molar-refractivity contribution < 1.29 is 35.0 Å². The molecule has 1 fully saturated rings. The van der Waals surface area contributed by atoms with E-state index in [1.165, 1.54) is 0 Å². The molecule has 0 aliphatic carbocycles. The molecule has 126 valence electrons. The van der Waals surface area contributed by atoms with Crippen LogP contribution in [0.2, 0.25) is 0 Å². The van der Waals surface area contributed by atoms with Crippen LogP contribution in [-0.2, 0) is 9.47 Å². The van der Waals surface area contributed by atoms with E-state index >= 15 is 0 Å². The standard InChI is InChI=1S/C16H20O7/c1-2-3-4-5-6-7-11(18)8-9-22-16-15(21)14(20)13(19)12(10-17)23-16/h11-21H,8-10H2,1H3/t11?,12-,13-,14+,15-,16-/m1/s1. The molecule has 1 rings (SSSR count). The van der Waals surface area contributed by atoms with Crippen molar-refractivity contribution in [2.75, 3.05) is 13.2 Å². The smallest absolute Gasteiger partial charge is 0.186 e. The lowest BCUT2D eigenvalue weighted by atomic mass is 9.99. The number of aliphatic hydroxyl groups excluding tert-OH is 5. The second-order valence-corrected chi connectivity index (χ2v) is 4.77. The summed E-state index contributed by atoms with van der Waals surface area (Å²) in [5.74, 6) is 14.9. The van der Waals surface area contributed by atoms with Gasteiger partial charge < -0.3 is 35.0 Å². The van der Waals surface area contributed by atoms with E-state index in [4.69, 9.17) is 14.6 Å². The van der Waals surface area contributed by atoms with Crippen molar-refractivity contribution in [1.29, 1.82) is 0 Å². The van der Waals surface area contributed by atoms with Crippen LogP contribution in [0.5, 0.6) is 0 Å². The quantitative estimate of drug-likeness (QED) is 0.357. The van der Waals surface area contributed by atoms with Gasteiger partial charge in [-0.25, -0.2) is 0 Å². The molecule has 6 atom stereocenters. The van der Waals surface area contributed by atoms with Gasteiger partial charge in [0.05, 0.1) is 13.2 Å². The fourth-order valence-electron chi connectivity index (χ4n) is 1.82. The minimum atomic E-state index is -1.49. The SMILES string of the molecule is CC#CC#CC#CC(O)CCO[C@@H]1O[C@H](CO)[C@@H](O)[C@H](O)[C@H]1O. The summed E-state index contributed by atoms with van der Waals surface area (Å²) in [6, 6.07) is 0. The molecule has 0 aromatic rings. The number of rotatable bonds is 5. The molecule has 0 aromatic heterocycles. The molecule has 7 heteroatoms. The van der Waals surface area contributed by atoms with E-state index in [9.17, 15) is 20.4 Å². The summed E-state index contributed by atoms with van der Waals surface area (Å²) in [5.41, 5.74) is 0. The van der Waals surface area contributed by atoms with Crippen LogP contribution >= 0.6 is 0 Å². The van der Waals surface area contributed by atoms with Gasteiger partial charge in [-0.05, 0) is 30.6 Å². The first-order valence-electron chi connectivity index (χ1n) is 7.03. The molecule has 5 N–H and O–H groups in total. The average Bonchev–Trinajstić information content (AvgIpc) is 2.54. The van der Waals surface area contributed by atoms with Gasteiger partial charge in [0.15, 0.2) is 6.29 Å². The van der Waals surface area contributed by atoms with Gasteiger partial charge in [0.2, 0.25) is 0 Å². The molecule has 1 aliphatic heterocycles. The minimum absolute atomic E-state index is 0.0132. The molecule has 0 saturated carbocycles. The zero-order valence-corrected chi connectivity index (χ0v) is 12.6. The normalized spacial score (nSPS) is 30.8. The summed E-state index contributed by atoms with van der Waals surface area (Å²) in [5, 5.41) is 47.6. The summed E-state index contributed by atoms with van der Waals surface area (Å²) < 4.78 is 10.4. The van der Waals surface area contributed by atoms with Gasteiger partial charge >= 0.3 is 0 Å². The number of hydrogen-bond acceptors (Lipinski definition) is 7. The fourth-order valence-corrected chi connectivity index (χ4v) is 1.82. The second-order valence-electron chi connectivity index (χ2n) is 4.77. The van der Waals surface area contributed by atoms with Crippen LogP contribution in [0, 0.1) is 35.5 Å². The van der Waals surface area contributed by atoms with Crippen molar-refractivity contribution in [3.8, 4) is 35.5 Å². The van der Waals surface area contributed by atoms with Crippen molar-refractivity contribution in [3.63, 3.8) is 0 Å². The molecular formula is C16H20O7. The number of hydrogen-bond donors (Lipinski definition) is 5. The predicted molar refractivity (Wildman–Crippen MR) is 79.3 cm³/mol. The lowest BCUT2D eigenvalue weighted by Crippen LogP contribution is -2.59. The van der Waals surface area contributed by atoms with Gasteiger partial charge in [0.1, 0.15) is 30.5 Å². The van der Waals surface area contributed by atoms with Gasteiger partial charge in [-0.1, -0.05) is 11.8 Å². The van der Waals surface area contributed by atoms with E-state index < -0.39 is 43.4 Å². The first kappa shape index (κ1) is 19.4. The highest BCUT2D eigenvalue weighted by molar-refractivity contribution is 5.35. The van der Waals surface area contributed by atoms with Crippen molar-refractivity contribution in [2.24, 2.45) is 0 Å². The fraction of sp³-hybridized carbons (Fsp3) is 0.625. The Morgan fingerprint density at radius 2 is 1.74 bits per heavy atom. The van der Waals surface area contributed by atoms with Crippen LogP contribution in [0.4, 0.5) is 0 Å². The highest BCUT2D eigenvalue weighted by Crippen LogP contribution is 2.22. The summed E-state index contributed by atoms with van der Waals surface area (Å²) in [6.45, 7) is 1.10. The van der Waals surface area contributed by atoms with E-state index in [-0.39, 0.29) is 13.0 Å². The Hall–Kier alpha value is -1.60. The summed E-state index contributed by atoms with van der Waals surface area (Å²) in [4.78, 5) is 0. The van der Waals surface area contributed by atoms with Crippen LogP contribution < -0.4 is 0 Å². The van der Waals surface area contributed by atoms with Gasteiger partial charge in [0, 0.05) is 6.42 Å². The molecule has 1 unspecified atom stereocenters. The molecule has 1 heterocycles. The summed E-state index contributed by atoms with van der Waals surface area (Å²) in [7, 11) is 0. The third-order valence-electron chi connectivity index (χ3n) is 3.07. The molecule has 0 amide bonds. The highest BCUT2D eigenvalue weighted by Gasteiger charge is 2.43. The lowest BCUT2D eigenvalue weighted by Gasteiger charge is -2.39. The molecule has 23 heavy (non-hydrogen) atoms. The topological polar surface area (TPSA) is 120 Å². The van der Waals surface area contributed by atoms with Gasteiger partial charge in [-0.2, -0.15) is 0 Å². The van der Waals surface area contributed by atoms with Crippen molar-refractivity contribution >= 4 is 0 Å². The molecule has 0 spiro atoms. The third kappa shape index (κ3) is 6.19. The van der Waals surface area contributed by atoms with Crippen molar-refractivity contribution in [3.05, 3.63) is 0 Å². The molecule has 1 aliphatic rings. The Balaban J connectivity index is 2.42. The molecule has 0 bridgehead atoms. The maximum atomic E-state index is 9.75. The number of ether oxygens (including phenoxy) is 2. The van der Waals surface area contributed by atoms with Gasteiger partial charge in [-0.15, -0.1) is 0 Å². The second kappa shape index (κ2) is 10.2. The Morgan fingerprint density at radius 3 is 2.39 bits per heavy atom. The maximum Gasteiger partial charge on any atom is 0.186 e. The van der Waals surface area contributed by atoms with Crippen LogP contribution in [0.3, 0.4) is 0 Å². The van der Waals surface area contributed by atoms with Crippen LogP contribution in [0.15, 0.2) is 0 Å². The predicted octanol–water partition coefficient (Wildman–Crippen LogP) is -2.42. The summed E-state index contributed by atoms with van der Waals surface area (Å²) in [6.07, 6.45) is -7.49. The zero-order chi connectivity index (χ0) is 17.2. The Morgan fingerprint density at radius 1 is 1.04 bits per heavy atom. The number of aliphatic hydroxyl groups is 5. The molecule has 7 nitrogen and oxygen atoms in total. The Kier molecular flexibility index (Phi) is 8.65. The average molecular weight is 324 g/mol. The van der Waals surface area contributed by atoms with Crippen LogP contribution in [-0.4, -0.2) is 75.6 Å². The largest absolute Gasteiger partial charge is 0.394 e. The molecular weight excluding hydrogens is 304 g/mol. The minimum Gasteiger partial charge on any atom is -0.394 e. The van der Waals surface area contributed by atoms with E-state index in [0.717, 1.165) is 0 Å². The first-order valence-corrected chi connectivity index (χ1v) is 7.03.